The van der Waals surface area contributed by atoms with Crippen LogP contribution in [0.25, 0.3) is 0 Å². The van der Waals surface area contributed by atoms with E-state index in [9.17, 15) is 18.0 Å². The summed E-state index contributed by atoms with van der Waals surface area (Å²) in [5, 5.41) is 11.4. The number of amides is 2. The average molecular weight is 292 g/mol. The van der Waals surface area contributed by atoms with Crippen LogP contribution in [0.5, 0.6) is 0 Å². The molecule has 0 bridgehead atoms. The third-order valence-electron chi connectivity index (χ3n) is 3.19. The molecule has 0 aromatic carbocycles. The van der Waals surface area contributed by atoms with Crippen LogP contribution in [0, 0.1) is 0 Å². The summed E-state index contributed by atoms with van der Waals surface area (Å²) in [5.41, 5.74) is 0. The first kappa shape index (κ1) is 15.7. The Labute approximate surface area is 112 Å². The van der Waals surface area contributed by atoms with Gasteiger partial charge in [0.05, 0.1) is 5.75 Å². The summed E-state index contributed by atoms with van der Waals surface area (Å²) < 4.78 is 22.1. The molecule has 110 valence electrons. The molecule has 0 spiro atoms. The van der Waals surface area contributed by atoms with E-state index in [1.807, 2.05) is 6.92 Å². The molecule has 0 aliphatic carbocycles. The van der Waals surface area contributed by atoms with Crippen molar-refractivity contribution in [2.75, 3.05) is 18.6 Å². The van der Waals surface area contributed by atoms with Crippen LogP contribution in [0.4, 0.5) is 4.79 Å². The maximum absolute atomic E-state index is 11.9. The number of sulfone groups is 1. The molecule has 8 heteroatoms. The Balaban J connectivity index is 2.58. The Morgan fingerprint density at radius 2 is 2.11 bits per heavy atom. The lowest BCUT2D eigenvalue weighted by molar-refractivity contribution is -0.139. The molecular weight excluding hydrogens is 272 g/mol. The second-order valence-corrected chi connectivity index (χ2v) is 7.20. The van der Waals surface area contributed by atoms with Crippen LogP contribution in [0.15, 0.2) is 0 Å². The molecule has 0 aromatic rings. The van der Waals surface area contributed by atoms with Crippen molar-refractivity contribution in [3.05, 3.63) is 0 Å². The fraction of sp³-hybridized carbons (Fsp3) is 0.818. The first-order valence-corrected chi connectivity index (χ1v) is 8.24. The number of hydrogen-bond acceptors (Lipinski definition) is 4. The van der Waals surface area contributed by atoms with Gasteiger partial charge in [-0.05, 0) is 26.2 Å². The molecular formula is C11H20N2O5S. The second kappa shape index (κ2) is 6.23. The van der Waals surface area contributed by atoms with E-state index in [0.717, 1.165) is 19.1 Å². The summed E-state index contributed by atoms with van der Waals surface area (Å²) in [6.45, 7) is 2.50. The number of nitrogens with zero attached hydrogens (tertiary/aromatic N) is 1. The van der Waals surface area contributed by atoms with Crippen molar-refractivity contribution in [3.8, 4) is 0 Å². The molecule has 19 heavy (non-hydrogen) atoms. The van der Waals surface area contributed by atoms with E-state index in [2.05, 4.69) is 5.32 Å². The molecule has 2 amide bonds. The maximum Gasteiger partial charge on any atom is 0.326 e. The summed E-state index contributed by atoms with van der Waals surface area (Å²) >= 11 is 0. The lowest BCUT2D eigenvalue weighted by Crippen LogP contribution is -2.49. The SMILES string of the molecule is CC1CCCN1C(=O)NC(CCS(C)(=O)=O)C(=O)O. The zero-order valence-corrected chi connectivity index (χ0v) is 11.9. The second-order valence-electron chi connectivity index (χ2n) is 4.94. The van der Waals surface area contributed by atoms with E-state index in [4.69, 9.17) is 5.11 Å². The standard InChI is InChI=1S/C11H20N2O5S/c1-8-4-3-6-13(8)11(16)12-9(10(14)15)5-7-19(2,17)18/h8-9H,3-7H2,1-2H3,(H,12,16)(H,14,15). The van der Waals surface area contributed by atoms with Crippen molar-refractivity contribution in [2.45, 2.75) is 38.3 Å². The van der Waals surface area contributed by atoms with E-state index in [-0.39, 0.29) is 18.2 Å². The highest BCUT2D eigenvalue weighted by Crippen LogP contribution is 2.16. The van der Waals surface area contributed by atoms with Crippen molar-refractivity contribution in [1.29, 1.82) is 0 Å². The number of carbonyl (C=O) groups excluding carboxylic acids is 1. The highest BCUT2D eigenvalue weighted by atomic mass is 32.2. The summed E-state index contributed by atoms with van der Waals surface area (Å²) in [7, 11) is -3.25. The number of nitrogens with one attached hydrogen (secondary N) is 1. The highest BCUT2D eigenvalue weighted by Gasteiger charge is 2.29. The molecule has 1 saturated heterocycles. The average Bonchev–Trinajstić information content (AvgIpc) is 2.68. The van der Waals surface area contributed by atoms with E-state index < -0.39 is 27.9 Å². The van der Waals surface area contributed by atoms with Crippen LogP contribution < -0.4 is 5.32 Å². The first-order valence-electron chi connectivity index (χ1n) is 6.18. The third kappa shape index (κ3) is 5.06. The predicted molar refractivity (Wildman–Crippen MR) is 69.7 cm³/mol. The minimum atomic E-state index is -3.25. The quantitative estimate of drug-likeness (QED) is 0.746. The zero-order chi connectivity index (χ0) is 14.6. The van der Waals surface area contributed by atoms with Crippen molar-refractivity contribution in [3.63, 3.8) is 0 Å². The Bertz CT molecular complexity index is 448. The van der Waals surface area contributed by atoms with Gasteiger partial charge in [0.15, 0.2) is 0 Å². The number of urea groups is 1. The molecule has 1 rings (SSSR count). The number of rotatable bonds is 5. The van der Waals surface area contributed by atoms with Crippen molar-refractivity contribution < 1.29 is 23.1 Å². The molecule has 0 aromatic heterocycles. The van der Waals surface area contributed by atoms with E-state index in [0.29, 0.717) is 6.54 Å². The molecule has 0 radical (unpaired) electrons. The van der Waals surface area contributed by atoms with Crippen molar-refractivity contribution >= 4 is 21.8 Å². The van der Waals surface area contributed by atoms with E-state index in [1.165, 1.54) is 0 Å². The van der Waals surface area contributed by atoms with Crippen LogP contribution in [0.3, 0.4) is 0 Å². The molecule has 1 fully saturated rings. The molecule has 1 heterocycles. The summed E-state index contributed by atoms with van der Waals surface area (Å²) in [4.78, 5) is 24.5. The largest absolute Gasteiger partial charge is 0.480 e. The maximum atomic E-state index is 11.9. The number of likely N-dealkylation sites (tertiary alicyclic amines) is 1. The Morgan fingerprint density at radius 3 is 2.53 bits per heavy atom. The smallest absolute Gasteiger partial charge is 0.326 e. The predicted octanol–water partition coefficient (Wildman–Crippen LogP) is 0.0682. The van der Waals surface area contributed by atoms with Crippen LogP contribution in [-0.2, 0) is 14.6 Å². The van der Waals surface area contributed by atoms with Gasteiger partial charge in [-0.1, -0.05) is 0 Å². The molecule has 7 nitrogen and oxygen atoms in total. The van der Waals surface area contributed by atoms with Crippen LogP contribution >= 0.6 is 0 Å². The number of carboxylic acids is 1. The molecule has 1 aliphatic rings. The topological polar surface area (TPSA) is 104 Å². The Kier molecular flexibility index (Phi) is 5.16. The number of hydrogen-bond donors (Lipinski definition) is 2. The lowest BCUT2D eigenvalue weighted by atomic mass is 10.2. The van der Waals surface area contributed by atoms with Gasteiger partial charge in [-0.15, -0.1) is 0 Å². The highest BCUT2D eigenvalue weighted by molar-refractivity contribution is 7.90. The minimum Gasteiger partial charge on any atom is -0.480 e. The zero-order valence-electron chi connectivity index (χ0n) is 11.1. The molecule has 2 atom stereocenters. The number of aliphatic carboxylic acids is 1. The van der Waals surface area contributed by atoms with Gasteiger partial charge in [0.2, 0.25) is 0 Å². The van der Waals surface area contributed by atoms with Gasteiger partial charge < -0.3 is 15.3 Å². The summed E-state index contributed by atoms with van der Waals surface area (Å²) in [6, 6.07) is -1.52. The van der Waals surface area contributed by atoms with Gasteiger partial charge in [-0.3, -0.25) is 0 Å². The fourth-order valence-electron chi connectivity index (χ4n) is 2.06. The number of carbonyl (C=O) groups is 2. The van der Waals surface area contributed by atoms with Gasteiger partial charge in [0.25, 0.3) is 0 Å². The monoisotopic (exact) mass is 292 g/mol. The van der Waals surface area contributed by atoms with Gasteiger partial charge >= 0.3 is 12.0 Å². The third-order valence-corrected chi connectivity index (χ3v) is 4.16. The van der Waals surface area contributed by atoms with Gasteiger partial charge in [-0.2, -0.15) is 0 Å². The Hall–Kier alpha value is -1.31. The van der Waals surface area contributed by atoms with E-state index in [1.54, 1.807) is 4.90 Å². The van der Waals surface area contributed by atoms with E-state index >= 15 is 0 Å². The Morgan fingerprint density at radius 1 is 1.47 bits per heavy atom. The molecule has 2 N–H and O–H groups in total. The first-order chi connectivity index (χ1) is 8.70. The van der Waals surface area contributed by atoms with Gasteiger partial charge in [0.1, 0.15) is 15.9 Å². The molecule has 1 aliphatic heterocycles. The molecule has 0 saturated carbocycles. The van der Waals surface area contributed by atoms with Crippen molar-refractivity contribution in [2.24, 2.45) is 0 Å². The summed E-state index contributed by atoms with van der Waals surface area (Å²) in [5.74, 6) is -1.48. The minimum absolute atomic E-state index is 0.0874. The van der Waals surface area contributed by atoms with Crippen LogP contribution in [0.1, 0.15) is 26.2 Å². The van der Waals surface area contributed by atoms with Crippen LogP contribution in [0.2, 0.25) is 0 Å². The van der Waals surface area contributed by atoms with Gasteiger partial charge in [-0.25, -0.2) is 18.0 Å². The lowest BCUT2D eigenvalue weighted by Gasteiger charge is -2.24. The van der Waals surface area contributed by atoms with Gasteiger partial charge in [0, 0.05) is 18.8 Å². The van der Waals surface area contributed by atoms with Crippen LogP contribution in [-0.4, -0.2) is 61.1 Å². The summed E-state index contributed by atoms with van der Waals surface area (Å²) in [6.07, 6.45) is 2.71. The fourth-order valence-corrected chi connectivity index (χ4v) is 2.72. The number of carboxylic acid groups (broad SMARTS) is 1. The van der Waals surface area contributed by atoms with Crippen molar-refractivity contribution in [1.82, 2.24) is 10.2 Å². The molecule has 2 unspecified atom stereocenters. The normalized spacial score (nSPS) is 21.2.